The maximum atomic E-state index is 13.0. The van der Waals surface area contributed by atoms with Crippen LogP contribution in [0.25, 0.3) is 6.08 Å². The number of carbonyl (C=O) groups is 3. The molecule has 7 nitrogen and oxygen atoms in total. The van der Waals surface area contributed by atoms with E-state index < -0.39 is 17.8 Å². The molecular weight excluding hydrogens is 444 g/mol. The molecule has 0 radical (unpaired) electrons. The number of hydrogen-bond donors (Lipinski definition) is 1. The fourth-order valence-electron chi connectivity index (χ4n) is 3.18. The number of para-hydroxylation sites is 1. The maximum Gasteiger partial charge on any atom is 0.335 e. The minimum atomic E-state index is -0.819. The maximum absolute atomic E-state index is 13.0. The van der Waals surface area contributed by atoms with Gasteiger partial charge in [-0.2, -0.15) is 0 Å². The summed E-state index contributed by atoms with van der Waals surface area (Å²) in [5.41, 5.74) is 0.699. The molecule has 0 bridgehead atoms. The second-order valence-electron chi connectivity index (χ2n) is 7.02. The Morgan fingerprint density at radius 2 is 1.48 bits per heavy atom. The summed E-state index contributed by atoms with van der Waals surface area (Å²) in [7, 11) is 0. The highest BCUT2D eigenvalue weighted by molar-refractivity contribution is 6.39. The molecule has 0 spiro atoms. The van der Waals surface area contributed by atoms with Crippen LogP contribution in [0, 0.1) is 0 Å². The van der Waals surface area contributed by atoms with Crippen LogP contribution in [-0.4, -0.2) is 31.1 Å². The molecule has 1 heterocycles. The Kier molecular flexibility index (Phi) is 6.71. The molecule has 1 N–H and O–H groups in total. The number of amides is 4. The summed E-state index contributed by atoms with van der Waals surface area (Å²) >= 11 is 5.88. The summed E-state index contributed by atoms with van der Waals surface area (Å²) < 4.78 is 11.3. The Labute approximate surface area is 195 Å². The van der Waals surface area contributed by atoms with Crippen LogP contribution in [0.1, 0.15) is 5.56 Å². The van der Waals surface area contributed by atoms with Crippen molar-refractivity contribution >= 4 is 41.2 Å². The lowest BCUT2D eigenvalue weighted by atomic mass is 10.1. The van der Waals surface area contributed by atoms with Crippen LogP contribution in [0.3, 0.4) is 0 Å². The summed E-state index contributed by atoms with van der Waals surface area (Å²) in [6.45, 7) is 0.668. The van der Waals surface area contributed by atoms with Gasteiger partial charge in [0, 0.05) is 5.02 Å². The van der Waals surface area contributed by atoms with Crippen LogP contribution in [0.15, 0.2) is 84.4 Å². The van der Waals surface area contributed by atoms with E-state index in [1.165, 1.54) is 18.2 Å². The average molecular weight is 463 g/mol. The Morgan fingerprint density at radius 3 is 2.21 bits per heavy atom. The van der Waals surface area contributed by atoms with E-state index >= 15 is 0 Å². The summed E-state index contributed by atoms with van der Waals surface area (Å²) in [5, 5.41) is 2.65. The van der Waals surface area contributed by atoms with Gasteiger partial charge in [-0.15, -0.1) is 0 Å². The van der Waals surface area contributed by atoms with Crippen molar-refractivity contribution in [2.45, 2.75) is 0 Å². The molecule has 1 fully saturated rings. The Morgan fingerprint density at radius 1 is 0.818 bits per heavy atom. The SMILES string of the molecule is O=C1NC(=O)N(c2ccc(Cl)cc2)C(=O)C1=Cc1cccc(OCCOc2ccccc2)c1. The van der Waals surface area contributed by atoms with Crippen LogP contribution in [0.5, 0.6) is 11.5 Å². The zero-order valence-corrected chi connectivity index (χ0v) is 18.1. The molecule has 3 aromatic rings. The van der Waals surface area contributed by atoms with Gasteiger partial charge in [0.15, 0.2) is 0 Å². The van der Waals surface area contributed by atoms with E-state index in [-0.39, 0.29) is 5.57 Å². The molecule has 1 aliphatic heterocycles. The van der Waals surface area contributed by atoms with E-state index in [0.29, 0.717) is 35.2 Å². The lowest BCUT2D eigenvalue weighted by molar-refractivity contribution is -0.122. The fraction of sp³-hybridized carbons (Fsp3) is 0.0800. The molecule has 0 aromatic heterocycles. The number of urea groups is 1. The van der Waals surface area contributed by atoms with Crippen molar-refractivity contribution in [3.05, 3.63) is 95.0 Å². The number of imide groups is 2. The van der Waals surface area contributed by atoms with Crippen LogP contribution in [0.4, 0.5) is 10.5 Å². The molecule has 4 amide bonds. The summed E-state index contributed by atoms with van der Waals surface area (Å²) in [6, 6.07) is 21.7. The van der Waals surface area contributed by atoms with Crippen molar-refractivity contribution in [3.63, 3.8) is 0 Å². The topological polar surface area (TPSA) is 84.9 Å². The molecule has 3 aromatic carbocycles. The second kappa shape index (κ2) is 10.0. The first-order chi connectivity index (χ1) is 16.0. The van der Waals surface area contributed by atoms with Gasteiger partial charge in [-0.05, 0) is 60.2 Å². The number of nitrogens with zero attached hydrogens (tertiary/aromatic N) is 1. The molecule has 0 saturated carbocycles. The third-order valence-corrected chi connectivity index (χ3v) is 4.97. The first kappa shape index (κ1) is 22.1. The monoisotopic (exact) mass is 462 g/mol. The van der Waals surface area contributed by atoms with Crippen molar-refractivity contribution in [3.8, 4) is 11.5 Å². The van der Waals surface area contributed by atoms with Crippen molar-refractivity contribution < 1.29 is 23.9 Å². The molecule has 1 saturated heterocycles. The van der Waals surface area contributed by atoms with Crippen molar-refractivity contribution in [1.29, 1.82) is 0 Å². The minimum absolute atomic E-state index is 0.172. The van der Waals surface area contributed by atoms with Gasteiger partial charge in [0.05, 0.1) is 5.69 Å². The van der Waals surface area contributed by atoms with Gasteiger partial charge < -0.3 is 9.47 Å². The Balaban J connectivity index is 1.46. The third kappa shape index (κ3) is 5.39. The predicted molar refractivity (Wildman–Crippen MR) is 124 cm³/mol. The van der Waals surface area contributed by atoms with Gasteiger partial charge >= 0.3 is 6.03 Å². The van der Waals surface area contributed by atoms with Gasteiger partial charge in [-0.1, -0.05) is 41.9 Å². The fourth-order valence-corrected chi connectivity index (χ4v) is 3.30. The van der Waals surface area contributed by atoms with E-state index in [2.05, 4.69) is 5.32 Å². The molecule has 166 valence electrons. The number of rotatable bonds is 7. The molecular formula is C25H19ClN2O5. The zero-order chi connectivity index (χ0) is 23.2. The average Bonchev–Trinajstić information content (AvgIpc) is 2.82. The Hall–Kier alpha value is -4.10. The van der Waals surface area contributed by atoms with E-state index in [4.69, 9.17) is 21.1 Å². The van der Waals surface area contributed by atoms with Gasteiger partial charge in [-0.25, -0.2) is 9.69 Å². The van der Waals surface area contributed by atoms with E-state index in [9.17, 15) is 14.4 Å². The van der Waals surface area contributed by atoms with Crippen LogP contribution in [-0.2, 0) is 9.59 Å². The van der Waals surface area contributed by atoms with Gasteiger partial charge in [0.1, 0.15) is 30.3 Å². The summed E-state index contributed by atoms with van der Waals surface area (Å²) in [5.74, 6) is -0.192. The predicted octanol–water partition coefficient (Wildman–Crippen LogP) is 4.46. The lowest BCUT2D eigenvalue weighted by Crippen LogP contribution is -2.54. The van der Waals surface area contributed by atoms with Crippen molar-refractivity contribution in [1.82, 2.24) is 5.32 Å². The molecule has 33 heavy (non-hydrogen) atoms. The van der Waals surface area contributed by atoms with Crippen molar-refractivity contribution in [2.75, 3.05) is 18.1 Å². The zero-order valence-electron chi connectivity index (χ0n) is 17.4. The summed E-state index contributed by atoms with van der Waals surface area (Å²) in [4.78, 5) is 38.5. The molecule has 0 unspecified atom stereocenters. The number of hydrogen-bond acceptors (Lipinski definition) is 5. The highest BCUT2D eigenvalue weighted by Gasteiger charge is 2.36. The summed E-state index contributed by atoms with van der Waals surface area (Å²) in [6.07, 6.45) is 1.42. The quantitative estimate of drug-likeness (QED) is 0.318. The van der Waals surface area contributed by atoms with E-state index in [0.717, 1.165) is 10.6 Å². The largest absolute Gasteiger partial charge is 0.490 e. The normalized spacial score (nSPS) is 14.9. The first-order valence-corrected chi connectivity index (χ1v) is 10.5. The number of barbiturate groups is 1. The first-order valence-electron chi connectivity index (χ1n) is 10.1. The number of nitrogens with one attached hydrogen (secondary N) is 1. The molecule has 4 rings (SSSR count). The molecule has 1 aliphatic rings. The standard InChI is InChI=1S/C25H19ClN2O5/c26-18-9-11-19(12-10-18)28-24(30)22(23(29)27-25(28)31)16-17-5-4-8-21(15-17)33-14-13-32-20-6-2-1-3-7-20/h1-12,15-16H,13-14H2,(H,27,29,31). The van der Waals surface area contributed by atoms with E-state index in [1.54, 1.807) is 36.4 Å². The second-order valence-corrected chi connectivity index (χ2v) is 7.45. The van der Waals surface area contributed by atoms with Crippen LogP contribution >= 0.6 is 11.6 Å². The molecule has 8 heteroatoms. The lowest BCUT2D eigenvalue weighted by Gasteiger charge is -2.26. The van der Waals surface area contributed by atoms with Gasteiger partial charge in [-0.3, -0.25) is 14.9 Å². The highest BCUT2D eigenvalue weighted by atomic mass is 35.5. The molecule has 0 atom stereocenters. The smallest absolute Gasteiger partial charge is 0.335 e. The number of halogens is 1. The number of carbonyl (C=O) groups excluding carboxylic acids is 3. The number of benzene rings is 3. The van der Waals surface area contributed by atoms with Crippen LogP contribution < -0.4 is 19.7 Å². The van der Waals surface area contributed by atoms with Gasteiger partial charge in [0.2, 0.25) is 0 Å². The highest BCUT2D eigenvalue weighted by Crippen LogP contribution is 2.24. The Bertz CT molecular complexity index is 1210. The third-order valence-electron chi connectivity index (χ3n) is 4.72. The van der Waals surface area contributed by atoms with E-state index in [1.807, 2.05) is 30.3 Å². The van der Waals surface area contributed by atoms with Gasteiger partial charge in [0.25, 0.3) is 11.8 Å². The number of ether oxygens (including phenoxy) is 2. The minimum Gasteiger partial charge on any atom is -0.490 e. The number of anilines is 1. The van der Waals surface area contributed by atoms with Crippen molar-refractivity contribution in [2.24, 2.45) is 0 Å². The molecule has 0 aliphatic carbocycles. The van der Waals surface area contributed by atoms with Crippen LogP contribution in [0.2, 0.25) is 5.02 Å².